The Labute approximate surface area is 346 Å². The number of H-pyrrole nitrogens is 2. The predicted molar refractivity (Wildman–Crippen MR) is 230 cm³/mol. The standard InChI is InChI=1S/C18H10N4S2.C14H18N2O3.C8H14N2O2.C3H8/c1(11-2-4-14-15(5-11)22-10-21-14)3-12-7-23-18-13(8-24-17(12)18)16-6-19-9-20-16;1-19-14(18)15-12(11-7-3-2-4-8-11)13(17)16-9-5-6-10-16;1-7(11)9-6-8(12)10-4-2-3-5-10;1-3-2/h2,4-10H,(H,19,20)(H,21,22);2-4,7-8,12H,5-6,9-10H2,1H3,(H,15,18);2-6H2,1H3,(H,9,11);3H2,1-2H3. The van der Waals surface area contributed by atoms with Crippen LogP contribution < -0.4 is 10.6 Å². The molecule has 4 N–H and O–H groups in total. The van der Waals surface area contributed by atoms with Crippen molar-refractivity contribution in [2.75, 3.05) is 39.8 Å². The highest BCUT2D eigenvalue weighted by Gasteiger charge is 2.29. The molecule has 8 rings (SSSR count). The fourth-order valence-electron chi connectivity index (χ4n) is 6.16. The van der Waals surface area contributed by atoms with E-state index in [4.69, 9.17) is 0 Å². The third-order valence-corrected chi connectivity index (χ3v) is 11.2. The molecule has 4 aromatic heterocycles. The number of aromatic nitrogens is 4. The van der Waals surface area contributed by atoms with Crippen LogP contribution in [0.2, 0.25) is 0 Å². The summed E-state index contributed by atoms with van der Waals surface area (Å²) in [7, 11) is 1.29. The van der Waals surface area contributed by atoms with Gasteiger partial charge in [-0.05, 0) is 49.4 Å². The van der Waals surface area contributed by atoms with E-state index in [1.807, 2.05) is 54.7 Å². The lowest BCUT2D eigenvalue weighted by Gasteiger charge is -2.23. The van der Waals surface area contributed by atoms with Gasteiger partial charge in [0, 0.05) is 55.0 Å². The molecule has 13 nitrogen and oxygen atoms in total. The molecule has 6 heterocycles. The SMILES string of the molecule is C(#Cc1csc2c(-c3cnc[nH]3)csc12)c1ccc2nc[nH]c2c1.CC(=O)NCC(=O)N1CCCC1.CCC.COC(=O)NC(C(=O)N1CCCC1)c1ccccc1. The molecule has 6 aromatic rings. The first-order valence-electron chi connectivity index (χ1n) is 19.3. The average molecular weight is 823 g/mol. The predicted octanol–water partition coefficient (Wildman–Crippen LogP) is 7.50. The lowest BCUT2D eigenvalue weighted by atomic mass is 10.1. The number of ether oxygens (including phenoxy) is 1. The van der Waals surface area contributed by atoms with Gasteiger partial charge in [-0.1, -0.05) is 62.4 Å². The van der Waals surface area contributed by atoms with E-state index < -0.39 is 12.1 Å². The summed E-state index contributed by atoms with van der Waals surface area (Å²) in [5.41, 5.74) is 7.05. The van der Waals surface area contributed by atoms with Crippen LogP contribution >= 0.6 is 22.7 Å². The molecule has 58 heavy (non-hydrogen) atoms. The van der Waals surface area contributed by atoms with E-state index in [9.17, 15) is 19.2 Å². The topological polar surface area (TPSA) is 165 Å². The van der Waals surface area contributed by atoms with Gasteiger partial charge in [0.05, 0.1) is 64.2 Å². The van der Waals surface area contributed by atoms with E-state index in [0.717, 1.165) is 85.3 Å². The van der Waals surface area contributed by atoms with Crippen LogP contribution in [-0.4, -0.2) is 93.4 Å². The van der Waals surface area contributed by atoms with Gasteiger partial charge in [0.25, 0.3) is 0 Å². The molecule has 2 saturated heterocycles. The van der Waals surface area contributed by atoms with Gasteiger partial charge in [-0.2, -0.15) is 0 Å². The first kappa shape index (κ1) is 43.1. The van der Waals surface area contributed by atoms with E-state index in [1.165, 1.54) is 35.4 Å². The highest BCUT2D eigenvalue weighted by Crippen LogP contribution is 2.39. The van der Waals surface area contributed by atoms with Crippen molar-refractivity contribution >= 4 is 66.9 Å². The summed E-state index contributed by atoms with van der Waals surface area (Å²) in [4.78, 5) is 63.8. The minimum absolute atomic E-state index is 0.0303. The molecule has 2 aromatic carbocycles. The summed E-state index contributed by atoms with van der Waals surface area (Å²) < 4.78 is 7.09. The van der Waals surface area contributed by atoms with Crippen molar-refractivity contribution in [3.63, 3.8) is 0 Å². The molecule has 304 valence electrons. The molecule has 4 amide bonds. The molecule has 0 radical (unpaired) electrons. The number of methoxy groups -OCH3 is 1. The molecule has 0 spiro atoms. The molecule has 15 heteroatoms. The van der Waals surface area contributed by atoms with Gasteiger partial charge in [0.1, 0.15) is 6.04 Å². The van der Waals surface area contributed by atoms with Gasteiger partial charge >= 0.3 is 6.09 Å². The number of nitrogens with one attached hydrogen (secondary N) is 4. The first-order chi connectivity index (χ1) is 28.2. The molecular weight excluding hydrogens is 773 g/mol. The summed E-state index contributed by atoms with van der Waals surface area (Å²) >= 11 is 3.46. The second-order valence-corrected chi connectivity index (χ2v) is 15.3. The van der Waals surface area contributed by atoms with Gasteiger partial charge < -0.3 is 35.1 Å². The number of imidazole rings is 2. The molecular formula is C43H50N8O5S2. The van der Waals surface area contributed by atoms with Gasteiger partial charge in [-0.15, -0.1) is 22.7 Å². The molecule has 2 aliphatic rings. The van der Waals surface area contributed by atoms with Gasteiger partial charge in [-0.25, -0.2) is 14.8 Å². The highest BCUT2D eigenvalue weighted by atomic mass is 32.1. The van der Waals surface area contributed by atoms with Crippen molar-refractivity contribution in [1.82, 2.24) is 40.4 Å². The van der Waals surface area contributed by atoms with Crippen molar-refractivity contribution in [1.29, 1.82) is 0 Å². The molecule has 0 aliphatic carbocycles. The van der Waals surface area contributed by atoms with Gasteiger partial charge in [0.15, 0.2) is 0 Å². The number of carbonyl (C=O) groups is 4. The lowest BCUT2D eigenvalue weighted by Crippen LogP contribution is -2.41. The van der Waals surface area contributed by atoms with Crippen molar-refractivity contribution < 1.29 is 23.9 Å². The number of nitrogens with zero attached hydrogens (tertiary/aromatic N) is 4. The second-order valence-electron chi connectivity index (χ2n) is 13.5. The number of likely N-dealkylation sites (tertiary alicyclic amines) is 2. The Bertz CT molecular complexity index is 2290. The third kappa shape index (κ3) is 12.0. The van der Waals surface area contributed by atoms with Crippen LogP contribution in [0.1, 0.15) is 75.6 Å². The number of aromatic amines is 2. The summed E-state index contributed by atoms with van der Waals surface area (Å²) in [6, 6.07) is 14.6. The number of amides is 4. The number of alkyl carbamates (subject to hydrolysis) is 1. The fraction of sp³-hybridized carbons (Fsp3) is 0.349. The molecule has 1 unspecified atom stereocenters. The molecule has 2 aliphatic heterocycles. The monoisotopic (exact) mass is 822 g/mol. The van der Waals surface area contributed by atoms with E-state index in [0.29, 0.717) is 0 Å². The first-order valence-corrected chi connectivity index (χ1v) is 21.1. The number of hydrogen-bond donors (Lipinski definition) is 4. The van der Waals surface area contributed by atoms with E-state index in [1.54, 1.807) is 45.1 Å². The minimum atomic E-state index is -0.674. The third-order valence-electron chi connectivity index (χ3n) is 9.03. The Morgan fingerprint density at radius 3 is 2.22 bits per heavy atom. The van der Waals surface area contributed by atoms with Crippen molar-refractivity contribution in [3.05, 3.63) is 94.8 Å². The minimum Gasteiger partial charge on any atom is -0.453 e. The lowest BCUT2D eigenvalue weighted by molar-refractivity contribution is -0.132. The van der Waals surface area contributed by atoms with Crippen molar-refractivity contribution in [2.24, 2.45) is 0 Å². The zero-order valence-electron chi connectivity index (χ0n) is 33.3. The average Bonchev–Trinajstić information content (AvgIpc) is 4.09. The van der Waals surface area contributed by atoms with Crippen molar-refractivity contribution in [2.45, 2.75) is 58.9 Å². The van der Waals surface area contributed by atoms with Crippen LogP contribution in [0.5, 0.6) is 0 Å². The Morgan fingerprint density at radius 2 is 1.57 bits per heavy atom. The summed E-state index contributed by atoms with van der Waals surface area (Å²) in [6.07, 6.45) is 10.1. The smallest absolute Gasteiger partial charge is 0.407 e. The largest absolute Gasteiger partial charge is 0.453 e. The van der Waals surface area contributed by atoms with E-state index in [2.05, 4.69) is 71.8 Å². The number of thiophene rings is 2. The Hall–Kier alpha value is -5.98. The van der Waals surface area contributed by atoms with Crippen LogP contribution in [0, 0.1) is 11.8 Å². The quantitative estimate of drug-likeness (QED) is 0.126. The molecule has 1 atom stereocenters. The van der Waals surface area contributed by atoms with Crippen LogP contribution in [0.3, 0.4) is 0 Å². The Morgan fingerprint density at radius 1 is 0.879 bits per heavy atom. The summed E-state index contributed by atoms with van der Waals surface area (Å²) in [5, 5.41) is 9.39. The number of carbonyl (C=O) groups excluding carboxylic acids is 4. The maximum atomic E-state index is 12.5. The van der Waals surface area contributed by atoms with E-state index in [-0.39, 0.29) is 24.3 Å². The molecule has 2 fully saturated rings. The molecule has 0 saturated carbocycles. The maximum Gasteiger partial charge on any atom is 0.407 e. The fourth-order valence-corrected chi connectivity index (χ4v) is 8.46. The number of rotatable bonds is 6. The summed E-state index contributed by atoms with van der Waals surface area (Å²) in [5.74, 6) is 6.38. The summed E-state index contributed by atoms with van der Waals surface area (Å²) in [6.45, 7) is 9.01. The maximum absolute atomic E-state index is 12.5. The normalized spacial score (nSPS) is 13.4. The number of fused-ring (bicyclic) bond motifs is 2. The Balaban J connectivity index is 0.000000169. The zero-order valence-corrected chi connectivity index (χ0v) is 34.9. The Kier molecular flexibility index (Phi) is 16.4. The zero-order chi connectivity index (χ0) is 41.3. The number of hydrogen-bond acceptors (Lipinski definition) is 9. The van der Waals surface area contributed by atoms with Gasteiger partial charge in [0.2, 0.25) is 17.7 Å². The van der Waals surface area contributed by atoms with Gasteiger partial charge in [-0.3, -0.25) is 14.4 Å². The van der Waals surface area contributed by atoms with Crippen molar-refractivity contribution in [3.8, 4) is 23.1 Å². The van der Waals surface area contributed by atoms with E-state index >= 15 is 0 Å². The van der Waals surface area contributed by atoms with Crippen LogP contribution in [-0.2, 0) is 19.1 Å². The van der Waals surface area contributed by atoms with Crippen LogP contribution in [0.25, 0.3) is 31.7 Å². The second kappa shape index (κ2) is 22.1. The van der Waals surface area contributed by atoms with Crippen LogP contribution in [0.15, 0.2) is 78.1 Å². The highest BCUT2D eigenvalue weighted by molar-refractivity contribution is 7.27. The molecule has 0 bridgehead atoms. The van der Waals surface area contributed by atoms with Crippen LogP contribution in [0.4, 0.5) is 4.79 Å². The number of benzene rings is 2.